The van der Waals surface area contributed by atoms with Crippen molar-refractivity contribution in [1.82, 2.24) is 4.90 Å². The largest absolute Gasteiger partial charge is 0.462 e. The van der Waals surface area contributed by atoms with E-state index in [4.69, 9.17) is 9.47 Å². The fraction of sp³-hybridized carbons (Fsp3) is 0.484. The summed E-state index contributed by atoms with van der Waals surface area (Å²) >= 11 is 0. The number of rotatable bonds is 11. The van der Waals surface area contributed by atoms with Gasteiger partial charge in [0, 0.05) is 25.9 Å². The summed E-state index contributed by atoms with van der Waals surface area (Å²) < 4.78 is 11.4. The average molecular weight is 492 g/mol. The van der Waals surface area contributed by atoms with Crippen LogP contribution >= 0.6 is 0 Å². The van der Waals surface area contributed by atoms with Gasteiger partial charge in [0.05, 0.1) is 0 Å². The van der Waals surface area contributed by atoms with Crippen LogP contribution in [0.5, 0.6) is 0 Å². The highest BCUT2D eigenvalue weighted by atomic mass is 16.6. The Morgan fingerprint density at radius 1 is 0.889 bits per heavy atom. The van der Waals surface area contributed by atoms with E-state index in [2.05, 4.69) is 37.3 Å². The number of esters is 1. The molecule has 1 amide bonds. The molecular weight excluding hydrogens is 450 g/mol. The van der Waals surface area contributed by atoms with E-state index in [0.29, 0.717) is 25.9 Å². The normalized spacial score (nSPS) is 12.5. The van der Waals surface area contributed by atoms with E-state index in [9.17, 15) is 9.59 Å². The van der Waals surface area contributed by atoms with Crippen molar-refractivity contribution >= 4 is 33.6 Å². The first-order valence-electron chi connectivity index (χ1n) is 13.2. The molecule has 5 nitrogen and oxygen atoms in total. The monoisotopic (exact) mass is 491 g/mol. The summed E-state index contributed by atoms with van der Waals surface area (Å²) in [6.45, 7) is 10.8. The zero-order chi connectivity index (χ0) is 26.1. The Labute approximate surface area is 215 Å². The van der Waals surface area contributed by atoms with Gasteiger partial charge in [-0.05, 0) is 73.7 Å². The van der Waals surface area contributed by atoms with Gasteiger partial charge in [0.25, 0.3) is 0 Å². The number of unbranched alkanes of at least 4 members (excludes halogenated alkanes) is 2. The van der Waals surface area contributed by atoms with Gasteiger partial charge in [0.1, 0.15) is 11.7 Å². The van der Waals surface area contributed by atoms with Crippen LogP contribution in [0, 0.1) is 0 Å². The standard InChI is InChI=1S/C31H41NO4/c1-6-7-12-19-32(30(34)36-31(3,4)5)20-13-18-29(33)35-23(2)21-28-26-16-10-8-14-24(26)22-25-15-9-11-17-27(25)28/h8-11,14-17,22-23H,6-7,12-13,18-21H2,1-5H3. The molecule has 0 radical (unpaired) electrons. The molecule has 1 atom stereocenters. The number of hydrogen-bond donors (Lipinski definition) is 0. The first kappa shape index (κ1) is 27.5. The lowest BCUT2D eigenvalue weighted by atomic mass is 9.93. The second kappa shape index (κ2) is 12.8. The van der Waals surface area contributed by atoms with Crippen molar-refractivity contribution < 1.29 is 19.1 Å². The number of carbonyl (C=O) groups excluding carboxylic acids is 2. The molecule has 0 fully saturated rings. The molecule has 5 heteroatoms. The highest BCUT2D eigenvalue weighted by molar-refractivity contribution is 6.02. The molecule has 0 heterocycles. The van der Waals surface area contributed by atoms with Crippen LogP contribution in [-0.4, -0.2) is 41.8 Å². The van der Waals surface area contributed by atoms with Crippen molar-refractivity contribution in [3.05, 3.63) is 60.2 Å². The van der Waals surface area contributed by atoms with Gasteiger partial charge < -0.3 is 14.4 Å². The molecule has 0 saturated heterocycles. The van der Waals surface area contributed by atoms with E-state index in [1.165, 1.54) is 27.1 Å². The van der Waals surface area contributed by atoms with E-state index in [1.54, 1.807) is 4.90 Å². The fourth-order valence-electron chi connectivity index (χ4n) is 4.53. The van der Waals surface area contributed by atoms with Crippen LogP contribution in [-0.2, 0) is 20.7 Å². The lowest BCUT2D eigenvalue weighted by molar-refractivity contribution is -0.148. The van der Waals surface area contributed by atoms with Gasteiger partial charge in [0.2, 0.25) is 0 Å². The second-order valence-corrected chi connectivity index (χ2v) is 10.6. The third kappa shape index (κ3) is 7.97. The summed E-state index contributed by atoms with van der Waals surface area (Å²) in [5, 5.41) is 4.77. The quantitative estimate of drug-likeness (QED) is 0.157. The van der Waals surface area contributed by atoms with E-state index in [-0.39, 0.29) is 24.6 Å². The first-order chi connectivity index (χ1) is 17.2. The topological polar surface area (TPSA) is 55.8 Å². The molecule has 0 N–H and O–H groups in total. The summed E-state index contributed by atoms with van der Waals surface area (Å²) in [4.78, 5) is 27.0. The fourth-order valence-corrected chi connectivity index (χ4v) is 4.53. The van der Waals surface area contributed by atoms with Gasteiger partial charge in [-0.3, -0.25) is 4.79 Å². The van der Waals surface area contributed by atoms with Crippen molar-refractivity contribution in [1.29, 1.82) is 0 Å². The zero-order valence-electron chi connectivity index (χ0n) is 22.5. The number of benzene rings is 3. The van der Waals surface area contributed by atoms with E-state index >= 15 is 0 Å². The molecule has 1 unspecified atom stereocenters. The molecule has 3 aromatic rings. The Hall–Kier alpha value is -3.08. The van der Waals surface area contributed by atoms with Crippen molar-refractivity contribution in [2.24, 2.45) is 0 Å². The molecule has 0 aliphatic heterocycles. The van der Waals surface area contributed by atoms with Crippen molar-refractivity contribution in [3.63, 3.8) is 0 Å². The van der Waals surface area contributed by atoms with Crippen LogP contribution in [0.15, 0.2) is 54.6 Å². The lowest BCUT2D eigenvalue weighted by Crippen LogP contribution is -2.38. The van der Waals surface area contributed by atoms with E-state index in [1.807, 2.05) is 52.0 Å². The van der Waals surface area contributed by atoms with Crippen molar-refractivity contribution in [3.8, 4) is 0 Å². The molecule has 36 heavy (non-hydrogen) atoms. The van der Waals surface area contributed by atoms with Gasteiger partial charge in [-0.15, -0.1) is 0 Å². The summed E-state index contributed by atoms with van der Waals surface area (Å²) in [5.74, 6) is -0.232. The number of amides is 1. The Balaban J connectivity index is 1.59. The molecule has 0 saturated carbocycles. The Morgan fingerprint density at radius 3 is 2.06 bits per heavy atom. The molecule has 0 spiro atoms. The molecule has 0 aliphatic rings. The maximum atomic E-state index is 12.7. The molecule has 3 rings (SSSR count). The maximum Gasteiger partial charge on any atom is 0.410 e. The minimum atomic E-state index is -0.541. The molecule has 3 aromatic carbocycles. The molecule has 0 aliphatic carbocycles. The minimum Gasteiger partial charge on any atom is -0.462 e. The molecular formula is C31H41NO4. The highest BCUT2D eigenvalue weighted by Gasteiger charge is 2.22. The summed E-state index contributed by atoms with van der Waals surface area (Å²) in [7, 11) is 0. The average Bonchev–Trinajstić information content (AvgIpc) is 2.82. The first-order valence-corrected chi connectivity index (χ1v) is 13.2. The number of ether oxygens (including phenoxy) is 2. The summed E-state index contributed by atoms with van der Waals surface area (Å²) in [6, 6.07) is 18.9. The van der Waals surface area contributed by atoms with Crippen LogP contribution in [0.3, 0.4) is 0 Å². The second-order valence-electron chi connectivity index (χ2n) is 10.6. The summed E-state index contributed by atoms with van der Waals surface area (Å²) in [6.07, 6.45) is 3.97. The third-order valence-corrected chi connectivity index (χ3v) is 6.20. The van der Waals surface area contributed by atoms with Gasteiger partial charge in [0.15, 0.2) is 0 Å². The third-order valence-electron chi connectivity index (χ3n) is 6.20. The number of nitrogens with zero attached hydrogens (tertiary/aromatic N) is 1. The van der Waals surface area contributed by atoms with Crippen LogP contribution < -0.4 is 0 Å². The highest BCUT2D eigenvalue weighted by Crippen LogP contribution is 2.30. The predicted molar refractivity (Wildman–Crippen MR) is 147 cm³/mol. The molecule has 0 aromatic heterocycles. The maximum absolute atomic E-state index is 12.7. The smallest absolute Gasteiger partial charge is 0.410 e. The van der Waals surface area contributed by atoms with E-state index < -0.39 is 5.60 Å². The molecule has 0 bridgehead atoms. The van der Waals surface area contributed by atoms with Crippen molar-refractivity contribution in [2.75, 3.05) is 13.1 Å². The van der Waals surface area contributed by atoms with Gasteiger partial charge in [-0.2, -0.15) is 0 Å². The number of hydrogen-bond acceptors (Lipinski definition) is 4. The van der Waals surface area contributed by atoms with Crippen LogP contribution in [0.4, 0.5) is 4.79 Å². The molecule has 194 valence electrons. The number of carbonyl (C=O) groups is 2. The Bertz CT molecular complexity index is 1110. The zero-order valence-corrected chi connectivity index (χ0v) is 22.5. The van der Waals surface area contributed by atoms with Crippen molar-refractivity contribution in [2.45, 2.75) is 84.8 Å². The summed E-state index contributed by atoms with van der Waals surface area (Å²) in [5.41, 5.74) is 0.663. The lowest BCUT2D eigenvalue weighted by Gasteiger charge is -2.27. The Morgan fingerprint density at radius 2 is 1.47 bits per heavy atom. The van der Waals surface area contributed by atoms with Crippen LogP contribution in [0.1, 0.15) is 72.3 Å². The van der Waals surface area contributed by atoms with Crippen LogP contribution in [0.2, 0.25) is 0 Å². The minimum absolute atomic E-state index is 0.232. The predicted octanol–water partition coefficient (Wildman–Crippen LogP) is 7.67. The van der Waals surface area contributed by atoms with Gasteiger partial charge in [-0.1, -0.05) is 68.3 Å². The van der Waals surface area contributed by atoms with E-state index in [0.717, 1.165) is 19.3 Å². The number of fused-ring (bicyclic) bond motifs is 2. The SMILES string of the molecule is CCCCCN(CCCC(=O)OC(C)Cc1c2ccccc2cc2ccccc12)C(=O)OC(C)(C)C. The Kier molecular flexibility index (Phi) is 9.74. The van der Waals surface area contributed by atoms with Gasteiger partial charge in [-0.25, -0.2) is 4.79 Å². The van der Waals surface area contributed by atoms with Gasteiger partial charge >= 0.3 is 12.1 Å². The van der Waals surface area contributed by atoms with Crippen LogP contribution in [0.25, 0.3) is 21.5 Å².